The minimum atomic E-state index is 0.794. The van der Waals surface area contributed by atoms with Crippen LogP contribution < -0.4 is 14.8 Å². The van der Waals surface area contributed by atoms with Gasteiger partial charge in [0.15, 0.2) is 5.96 Å². The van der Waals surface area contributed by atoms with Gasteiger partial charge >= 0.3 is 0 Å². The molecule has 1 aliphatic heterocycles. The number of rotatable bonds is 9. The number of methoxy groups -OCH3 is 2. The molecule has 2 heterocycles. The number of hydrogen-bond donors (Lipinski definition) is 1. The molecule has 0 bridgehead atoms. The standard InChI is InChI=1S/C24H38N6O2/c1-6-25-24(26-10-7-11-30-20(3)16-19(2)27-30)29-14-12-28(13-15-29)18-21-17-22(31-4)8-9-23(21)32-5/h8-9,16-17H,6-7,10-15,18H2,1-5H3,(H,25,26). The van der Waals surface area contributed by atoms with Crippen molar-refractivity contribution >= 4 is 5.96 Å². The van der Waals surface area contributed by atoms with Crippen LogP contribution in [-0.2, 0) is 13.1 Å². The molecule has 1 aliphatic rings. The maximum Gasteiger partial charge on any atom is 0.194 e. The molecular formula is C24H38N6O2. The number of aromatic nitrogens is 2. The zero-order valence-electron chi connectivity index (χ0n) is 20.2. The van der Waals surface area contributed by atoms with Gasteiger partial charge < -0.3 is 19.7 Å². The Morgan fingerprint density at radius 2 is 1.88 bits per heavy atom. The van der Waals surface area contributed by atoms with Crippen molar-refractivity contribution < 1.29 is 9.47 Å². The van der Waals surface area contributed by atoms with Gasteiger partial charge in [0.25, 0.3) is 0 Å². The molecule has 1 N–H and O–H groups in total. The van der Waals surface area contributed by atoms with Crippen LogP contribution in [0.4, 0.5) is 0 Å². The minimum Gasteiger partial charge on any atom is -0.497 e. The van der Waals surface area contributed by atoms with Crippen LogP contribution >= 0.6 is 0 Å². The molecule has 0 atom stereocenters. The third kappa shape index (κ3) is 6.38. The number of aliphatic imine (C=N–C) groups is 1. The minimum absolute atomic E-state index is 0.794. The molecule has 3 rings (SSSR count). The summed E-state index contributed by atoms with van der Waals surface area (Å²) < 4.78 is 13.0. The molecule has 1 saturated heterocycles. The van der Waals surface area contributed by atoms with Crippen LogP contribution in [0.3, 0.4) is 0 Å². The molecule has 32 heavy (non-hydrogen) atoms. The number of nitrogens with zero attached hydrogens (tertiary/aromatic N) is 5. The Morgan fingerprint density at radius 3 is 2.50 bits per heavy atom. The molecular weight excluding hydrogens is 404 g/mol. The maximum atomic E-state index is 5.55. The van der Waals surface area contributed by atoms with Gasteiger partial charge in [-0.15, -0.1) is 0 Å². The van der Waals surface area contributed by atoms with Gasteiger partial charge in [0.05, 0.1) is 19.9 Å². The Kier molecular flexibility index (Phi) is 8.79. The van der Waals surface area contributed by atoms with E-state index in [-0.39, 0.29) is 0 Å². The van der Waals surface area contributed by atoms with E-state index in [9.17, 15) is 0 Å². The smallest absolute Gasteiger partial charge is 0.194 e. The van der Waals surface area contributed by atoms with Gasteiger partial charge in [-0.1, -0.05) is 0 Å². The zero-order chi connectivity index (χ0) is 22.9. The van der Waals surface area contributed by atoms with Gasteiger partial charge in [-0.05, 0) is 51.5 Å². The average Bonchev–Trinajstić information content (AvgIpc) is 3.13. The molecule has 0 radical (unpaired) electrons. The molecule has 2 aromatic rings. The van der Waals surface area contributed by atoms with E-state index in [4.69, 9.17) is 14.5 Å². The number of benzene rings is 1. The lowest BCUT2D eigenvalue weighted by Gasteiger charge is -2.36. The second-order valence-electron chi connectivity index (χ2n) is 8.18. The van der Waals surface area contributed by atoms with Crippen LogP contribution in [0.2, 0.25) is 0 Å². The Labute approximate surface area is 192 Å². The molecule has 0 spiro atoms. The van der Waals surface area contributed by atoms with E-state index in [1.54, 1.807) is 14.2 Å². The van der Waals surface area contributed by atoms with E-state index in [1.165, 1.54) is 5.69 Å². The Bertz CT molecular complexity index is 887. The van der Waals surface area contributed by atoms with Gasteiger partial charge in [0.1, 0.15) is 11.5 Å². The highest BCUT2D eigenvalue weighted by atomic mass is 16.5. The lowest BCUT2D eigenvalue weighted by molar-refractivity contribution is 0.171. The van der Waals surface area contributed by atoms with Crippen molar-refractivity contribution in [2.24, 2.45) is 4.99 Å². The summed E-state index contributed by atoms with van der Waals surface area (Å²) in [7, 11) is 3.42. The van der Waals surface area contributed by atoms with Crippen LogP contribution in [0.15, 0.2) is 29.3 Å². The molecule has 0 amide bonds. The summed E-state index contributed by atoms with van der Waals surface area (Å²) in [6.45, 7) is 13.6. The van der Waals surface area contributed by atoms with E-state index in [1.807, 2.05) is 19.1 Å². The number of nitrogens with one attached hydrogen (secondary N) is 1. The van der Waals surface area contributed by atoms with Crippen molar-refractivity contribution in [3.05, 3.63) is 41.2 Å². The van der Waals surface area contributed by atoms with Crippen molar-refractivity contribution in [3.8, 4) is 11.5 Å². The van der Waals surface area contributed by atoms with Crippen LogP contribution in [0.1, 0.15) is 30.3 Å². The molecule has 0 unspecified atom stereocenters. The Hall–Kier alpha value is -2.74. The Morgan fingerprint density at radius 1 is 1.09 bits per heavy atom. The fourth-order valence-electron chi connectivity index (χ4n) is 4.10. The topological polar surface area (TPSA) is 67.2 Å². The lowest BCUT2D eigenvalue weighted by Crippen LogP contribution is -2.52. The van der Waals surface area contributed by atoms with Crippen LogP contribution in [-0.4, -0.2) is 79.0 Å². The molecule has 8 nitrogen and oxygen atoms in total. The summed E-state index contributed by atoms with van der Waals surface area (Å²) >= 11 is 0. The van der Waals surface area contributed by atoms with E-state index >= 15 is 0 Å². The fourth-order valence-corrected chi connectivity index (χ4v) is 4.10. The molecule has 0 saturated carbocycles. The molecule has 1 aromatic carbocycles. The second kappa shape index (κ2) is 11.8. The van der Waals surface area contributed by atoms with Gasteiger partial charge in [-0.25, -0.2) is 0 Å². The van der Waals surface area contributed by atoms with Crippen molar-refractivity contribution in [2.45, 2.75) is 40.3 Å². The quantitative estimate of drug-likeness (QED) is 0.366. The monoisotopic (exact) mass is 442 g/mol. The second-order valence-corrected chi connectivity index (χ2v) is 8.18. The van der Waals surface area contributed by atoms with Gasteiger partial charge in [-0.3, -0.25) is 14.6 Å². The van der Waals surface area contributed by atoms with Crippen molar-refractivity contribution in [1.82, 2.24) is 24.9 Å². The van der Waals surface area contributed by atoms with Crippen molar-refractivity contribution in [2.75, 3.05) is 53.5 Å². The summed E-state index contributed by atoms with van der Waals surface area (Å²) in [5.41, 5.74) is 3.44. The van der Waals surface area contributed by atoms with Gasteiger partial charge in [0, 0.05) is 63.6 Å². The summed E-state index contributed by atoms with van der Waals surface area (Å²) in [5, 5.41) is 8.00. The molecule has 1 aromatic heterocycles. The number of hydrogen-bond acceptors (Lipinski definition) is 5. The molecule has 0 aliphatic carbocycles. The first-order chi connectivity index (χ1) is 15.5. The highest BCUT2D eigenvalue weighted by Gasteiger charge is 2.20. The first-order valence-corrected chi connectivity index (χ1v) is 11.5. The third-order valence-electron chi connectivity index (χ3n) is 5.78. The van der Waals surface area contributed by atoms with Crippen LogP contribution in [0.5, 0.6) is 11.5 Å². The van der Waals surface area contributed by atoms with E-state index < -0.39 is 0 Å². The largest absolute Gasteiger partial charge is 0.497 e. The van der Waals surface area contributed by atoms with E-state index in [0.717, 1.165) is 87.5 Å². The third-order valence-corrected chi connectivity index (χ3v) is 5.78. The summed E-state index contributed by atoms with van der Waals surface area (Å²) in [6.07, 6.45) is 0.979. The van der Waals surface area contributed by atoms with Gasteiger partial charge in [0.2, 0.25) is 0 Å². The lowest BCUT2D eigenvalue weighted by atomic mass is 10.1. The van der Waals surface area contributed by atoms with Gasteiger partial charge in [-0.2, -0.15) is 5.10 Å². The number of piperazine rings is 1. The van der Waals surface area contributed by atoms with E-state index in [0.29, 0.717) is 0 Å². The molecule has 176 valence electrons. The van der Waals surface area contributed by atoms with Crippen molar-refractivity contribution in [3.63, 3.8) is 0 Å². The zero-order valence-corrected chi connectivity index (χ0v) is 20.2. The normalized spacial score (nSPS) is 15.2. The number of ether oxygens (including phenoxy) is 2. The van der Waals surface area contributed by atoms with Crippen LogP contribution in [0, 0.1) is 13.8 Å². The van der Waals surface area contributed by atoms with Crippen molar-refractivity contribution in [1.29, 1.82) is 0 Å². The first-order valence-electron chi connectivity index (χ1n) is 11.5. The highest BCUT2D eigenvalue weighted by molar-refractivity contribution is 5.80. The highest BCUT2D eigenvalue weighted by Crippen LogP contribution is 2.25. The summed E-state index contributed by atoms with van der Waals surface area (Å²) in [4.78, 5) is 9.71. The molecule has 1 fully saturated rings. The van der Waals surface area contributed by atoms with Crippen LogP contribution in [0.25, 0.3) is 0 Å². The first kappa shape index (κ1) is 23.9. The summed E-state index contributed by atoms with van der Waals surface area (Å²) in [6, 6.07) is 8.11. The average molecular weight is 443 g/mol. The molecule has 8 heteroatoms. The predicted octanol–water partition coefficient (Wildman–Crippen LogP) is 2.69. The predicted molar refractivity (Wildman–Crippen MR) is 129 cm³/mol. The Balaban J connectivity index is 1.52. The number of guanidine groups is 1. The SMILES string of the molecule is CCNC(=NCCCn1nc(C)cc1C)N1CCN(Cc2cc(OC)ccc2OC)CC1. The fraction of sp³-hybridized carbons (Fsp3) is 0.583. The number of aryl methyl sites for hydroxylation is 3. The van der Waals surface area contributed by atoms with E-state index in [2.05, 4.69) is 50.9 Å². The summed E-state index contributed by atoms with van der Waals surface area (Å²) in [5.74, 6) is 2.78. The maximum absolute atomic E-state index is 5.55.